The van der Waals surface area contributed by atoms with Crippen molar-refractivity contribution in [3.05, 3.63) is 30.1 Å². The van der Waals surface area contributed by atoms with Crippen molar-refractivity contribution in [3.63, 3.8) is 0 Å². The molecule has 1 atom stereocenters. The Morgan fingerprint density at radius 3 is 2.65 bits per heavy atom. The van der Waals surface area contributed by atoms with E-state index >= 15 is 0 Å². The minimum absolute atomic E-state index is 0.115. The summed E-state index contributed by atoms with van der Waals surface area (Å²) in [7, 11) is 0. The summed E-state index contributed by atoms with van der Waals surface area (Å²) in [5.74, 6) is -0.470. The van der Waals surface area contributed by atoms with Crippen LogP contribution in [0.1, 0.15) is 6.42 Å². The summed E-state index contributed by atoms with van der Waals surface area (Å²) < 4.78 is 12.7. The summed E-state index contributed by atoms with van der Waals surface area (Å²) in [5, 5.41) is 2.49. The van der Waals surface area contributed by atoms with Crippen LogP contribution in [0.3, 0.4) is 0 Å². The zero-order chi connectivity index (χ0) is 12.4. The van der Waals surface area contributed by atoms with Crippen molar-refractivity contribution in [1.82, 2.24) is 5.32 Å². The summed E-state index contributed by atoms with van der Waals surface area (Å²) in [4.78, 5) is 23.9. The van der Waals surface area contributed by atoms with Crippen LogP contribution < -0.4 is 16.0 Å². The fraction of sp³-hybridized carbons (Fsp3) is 0.273. The lowest BCUT2D eigenvalue weighted by Gasteiger charge is -2.16. The normalized spacial score (nSPS) is 19.5. The average Bonchev–Trinajstić information content (AvgIpc) is 2.59. The number of carbonyl (C=O) groups is 2. The van der Waals surface area contributed by atoms with Gasteiger partial charge < -0.3 is 16.0 Å². The van der Waals surface area contributed by atoms with Gasteiger partial charge >= 0.3 is 6.03 Å². The van der Waals surface area contributed by atoms with Crippen LogP contribution in [-0.2, 0) is 4.79 Å². The van der Waals surface area contributed by atoms with Crippen molar-refractivity contribution < 1.29 is 14.0 Å². The van der Waals surface area contributed by atoms with E-state index in [-0.39, 0.29) is 24.2 Å². The molecule has 1 aromatic carbocycles. The molecule has 0 unspecified atom stereocenters. The molecule has 5 nitrogen and oxygen atoms in total. The van der Waals surface area contributed by atoms with Gasteiger partial charge in [-0.3, -0.25) is 4.79 Å². The molecule has 1 aromatic rings. The first-order chi connectivity index (χ1) is 8.06. The van der Waals surface area contributed by atoms with Gasteiger partial charge in [-0.2, -0.15) is 0 Å². The van der Waals surface area contributed by atoms with Crippen LogP contribution in [0, 0.1) is 5.82 Å². The maximum Gasteiger partial charge on any atom is 0.312 e. The van der Waals surface area contributed by atoms with E-state index in [1.165, 1.54) is 29.2 Å². The molecule has 1 aliphatic rings. The third kappa shape index (κ3) is 2.52. The zero-order valence-corrected chi connectivity index (χ0v) is 9.02. The summed E-state index contributed by atoms with van der Waals surface area (Å²) >= 11 is 0. The van der Waals surface area contributed by atoms with E-state index in [1.54, 1.807) is 0 Å². The number of carbonyl (C=O) groups excluding carboxylic acids is 2. The van der Waals surface area contributed by atoms with Gasteiger partial charge in [0.2, 0.25) is 5.91 Å². The van der Waals surface area contributed by atoms with E-state index in [0.717, 1.165) is 0 Å². The zero-order valence-electron chi connectivity index (χ0n) is 9.02. The molecule has 0 spiro atoms. The highest BCUT2D eigenvalue weighted by molar-refractivity contribution is 5.96. The van der Waals surface area contributed by atoms with E-state index in [2.05, 4.69) is 5.32 Å². The summed E-state index contributed by atoms with van der Waals surface area (Å²) in [6.45, 7) is 0.355. The van der Waals surface area contributed by atoms with Gasteiger partial charge in [-0.1, -0.05) is 0 Å². The van der Waals surface area contributed by atoms with Gasteiger partial charge in [0, 0.05) is 18.7 Å². The van der Waals surface area contributed by atoms with Crippen LogP contribution >= 0.6 is 0 Å². The number of nitrogens with two attached hydrogens (primary N) is 1. The first kappa shape index (κ1) is 11.4. The van der Waals surface area contributed by atoms with Crippen LogP contribution in [0.15, 0.2) is 24.3 Å². The molecule has 3 amide bonds. The number of hydrogen-bond donors (Lipinski definition) is 2. The summed E-state index contributed by atoms with van der Waals surface area (Å²) in [6.07, 6.45) is 0.209. The largest absolute Gasteiger partial charge is 0.352 e. The Morgan fingerprint density at radius 1 is 1.41 bits per heavy atom. The molecule has 17 heavy (non-hydrogen) atoms. The van der Waals surface area contributed by atoms with Crippen molar-refractivity contribution in [2.75, 3.05) is 11.4 Å². The molecule has 2 rings (SSSR count). The monoisotopic (exact) mass is 237 g/mol. The highest BCUT2D eigenvalue weighted by Gasteiger charge is 2.31. The molecule has 0 saturated carbocycles. The van der Waals surface area contributed by atoms with Gasteiger partial charge in [-0.15, -0.1) is 0 Å². The fourth-order valence-electron chi connectivity index (χ4n) is 1.88. The van der Waals surface area contributed by atoms with Gasteiger partial charge in [-0.05, 0) is 24.3 Å². The predicted octanol–water partition coefficient (Wildman–Crippen LogP) is 0.599. The van der Waals surface area contributed by atoms with Gasteiger partial charge in [0.05, 0.1) is 6.04 Å². The number of amides is 3. The Morgan fingerprint density at radius 2 is 2.06 bits per heavy atom. The van der Waals surface area contributed by atoms with Crippen LogP contribution in [0.5, 0.6) is 0 Å². The number of hydrogen-bond acceptors (Lipinski definition) is 2. The van der Waals surface area contributed by atoms with Gasteiger partial charge in [0.15, 0.2) is 0 Å². The maximum absolute atomic E-state index is 12.7. The van der Waals surface area contributed by atoms with Crippen LogP contribution in [0.25, 0.3) is 0 Å². The Balaban J connectivity index is 2.10. The van der Waals surface area contributed by atoms with E-state index in [4.69, 9.17) is 5.73 Å². The van der Waals surface area contributed by atoms with E-state index in [0.29, 0.717) is 12.2 Å². The van der Waals surface area contributed by atoms with Crippen molar-refractivity contribution in [1.29, 1.82) is 0 Å². The lowest BCUT2D eigenvalue weighted by Crippen LogP contribution is -2.40. The highest BCUT2D eigenvalue weighted by Crippen LogP contribution is 2.21. The first-order valence-corrected chi connectivity index (χ1v) is 5.18. The number of rotatable bonds is 2. The molecule has 1 saturated heterocycles. The molecule has 0 radical (unpaired) electrons. The van der Waals surface area contributed by atoms with Crippen molar-refractivity contribution in [3.8, 4) is 0 Å². The Kier molecular flexibility index (Phi) is 2.95. The fourth-order valence-corrected chi connectivity index (χ4v) is 1.88. The lowest BCUT2D eigenvalue weighted by atomic mass is 10.2. The minimum atomic E-state index is -0.649. The minimum Gasteiger partial charge on any atom is -0.352 e. The van der Waals surface area contributed by atoms with E-state index in [9.17, 15) is 14.0 Å². The van der Waals surface area contributed by atoms with Crippen LogP contribution in [0.2, 0.25) is 0 Å². The lowest BCUT2D eigenvalue weighted by molar-refractivity contribution is -0.117. The van der Waals surface area contributed by atoms with Crippen molar-refractivity contribution in [2.24, 2.45) is 5.73 Å². The van der Waals surface area contributed by atoms with Crippen LogP contribution in [-0.4, -0.2) is 24.5 Å². The second kappa shape index (κ2) is 4.40. The molecular formula is C11H12FN3O2. The Bertz CT molecular complexity index is 447. The molecule has 3 N–H and O–H groups in total. The third-order valence-corrected chi connectivity index (χ3v) is 2.61. The smallest absolute Gasteiger partial charge is 0.312 e. The topological polar surface area (TPSA) is 75.4 Å². The summed E-state index contributed by atoms with van der Waals surface area (Å²) in [5.41, 5.74) is 5.61. The van der Waals surface area contributed by atoms with Gasteiger partial charge in [-0.25, -0.2) is 9.18 Å². The Labute approximate surface area is 97.4 Å². The molecule has 1 aliphatic heterocycles. The van der Waals surface area contributed by atoms with Gasteiger partial charge in [0.25, 0.3) is 0 Å². The number of nitrogens with one attached hydrogen (secondary N) is 1. The standard InChI is InChI=1S/C11H12FN3O2/c12-7-1-3-9(4-2-7)15-6-8(5-10(15)16)14-11(13)17/h1-4,8H,5-6H2,(H3,13,14,17)/t8-/m0/s1. The molecule has 1 fully saturated rings. The number of nitrogens with zero attached hydrogens (tertiary/aromatic N) is 1. The Hall–Kier alpha value is -2.11. The van der Waals surface area contributed by atoms with Gasteiger partial charge in [0.1, 0.15) is 5.82 Å². The highest BCUT2D eigenvalue weighted by atomic mass is 19.1. The summed E-state index contributed by atoms with van der Waals surface area (Å²) in [6, 6.07) is 4.70. The van der Waals surface area contributed by atoms with Crippen LogP contribution in [0.4, 0.5) is 14.9 Å². The molecular weight excluding hydrogens is 225 g/mol. The number of anilines is 1. The predicted molar refractivity (Wildman–Crippen MR) is 59.9 cm³/mol. The SMILES string of the molecule is NC(=O)N[C@H]1CC(=O)N(c2ccc(F)cc2)C1. The number of halogens is 1. The molecule has 0 aliphatic carbocycles. The molecule has 0 aromatic heterocycles. The van der Waals surface area contributed by atoms with Crippen molar-refractivity contribution in [2.45, 2.75) is 12.5 Å². The van der Waals surface area contributed by atoms with E-state index in [1.807, 2.05) is 0 Å². The second-order valence-electron chi connectivity index (χ2n) is 3.89. The molecule has 90 valence electrons. The first-order valence-electron chi connectivity index (χ1n) is 5.18. The molecule has 0 bridgehead atoms. The maximum atomic E-state index is 12.7. The molecule has 6 heteroatoms. The quantitative estimate of drug-likeness (QED) is 0.790. The average molecular weight is 237 g/mol. The van der Waals surface area contributed by atoms with Crippen molar-refractivity contribution >= 4 is 17.6 Å². The third-order valence-electron chi connectivity index (χ3n) is 2.61. The number of urea groups is 1. The van der Waals surface area contributed by atoms with E-state index < -0.39 is 6.03 Å². The molecule has 1 heterocycles. The second-order valence-corrected chi connectivity index (χ2v) is 3.89. The number of benzene rings is 1. The number of primary amides is 1.